The van der Waals surface area contributed by atoms with Gasteiger partial charge in [-0.15, -0.1) is 0 Å². The summed E-state index contributed by atoms with van der Waals surface area (Å²) in [6.45, 7) is 5.90. The van der Waals surface area contributed by atoms with Gasteiger partial charge < -0.3 is 19.7 Å². The van der Waals surface area contributed by atoms with Crippen molar-refractivity contribution in [3.05, 3.63) is 59.9 Å². The lowest BCUT2D eigenvalue weighted by molar-refractivity contribution is 0.0368. The maximum Gasteiger partial charge on any atom is 0.173 e. The minimum absolute atomic E-state index is 0.315. The van der Waals surface area contributed by atoms with Crippen LogP contribution in [0.3, 0.4) is 0 Å². The molecule has 1 saturated heterocycles. The zero-order valence-electron chi connectivity index (χ0n) is 16.8. The van der Waals surface area contributed by atoms with Gasteiger partial charge in [0.25, 0.3) is 0 Å². The summed E-state index contributed by atoms with van der Waals surface area (Å²) in [6.07, 6.45) is 0.961. The molecule has 0 aliphatic carbocycles. The summed E-state index contributed by atoms with van der Waals surface area (Å²) in [5.41, 5.74) is 1.48. The van der Waals surface area contributed by atoms with E-state index in [9.17, 15) is 4.39 Å². The molecule has 3 rings (SSSR count). The number of hydrogen-bond acceptors (Lipinski definition) is 4. The number of anilines is 1. The maximum atomic E-state index is 14.1. The highest BCUT2D eigenvalue weighted by Gasteiger charge is 2.15. The van der Waals surface area contributed by atoms with Crippen molar-refractivity contribution in [2.75, 3.05) is 51.8 Å². The largest absolute Gasteiger partial charge is 0.497 e. The van der Waals surface area contributed by atoms with Crippen LogP contribution in [0.5, 0.6) is 5.75 Å². The van der Waals surface area contributed by atoms with Crippen LogP contribution in [0.25, 0.3) is 0 Å². The van der Waals surface area contributed by atoms with E-state index >= 15 is 0 Å². The highest BCUT2D eigenvalue weighted by molar-refractivity contribution is 7.80. The number of methoxy groups -OCH3 is 1. The Labute approximate surface area is 177 Å². The van der Waals surface area contributed by atoms with Crippen LogP contribution in [0.2, 0.25) is 0 Å². The molecule has 0 radical (unpaired) electrons. The zero-order valence-corrected chi connectivity index (χ0v) is 17.6. The van der Waals surface area contributed by atoms with Crippen LogP contribution < -0.4 is 10.1 Å². The number of morpholine rings is 1. The van der Waals surface area contributed by atoms with Crippen LogP contribution in [0.1, 0.15) is 12.0 Å². The van der Waals surface area contributed by atoms with Crippen molar-refractivity contribution in [1.29, 1.82) is 0 Å². The average Bonchev–Trinajstić information content (AvgIpc) is 2.75. The van der Waals surface area contributed by atoms with Crippen molar-refractivity contribution < 1.29 is 13.9 Å². The molecule has 0 bridgehead atoms. The normalized spacial score (nSPS) is 14.4. The lowest BCUT2D eigenvalue weighted by Crippen LogP contribution is -2.40. The topological polar surface area (TPSA) is 37.0 Å². The second kappa shape index (κ2) is 11.1. The average molecular weight is 418 g/mol. The van der Waals surface area contributed by atoms with Crippen LogP contribution in [0.4, 0.5) is 10.1 Å². The summed E-state index contributed by atoms with van der Waals surface area (Å²) in [4.78, 5) is 4.48. The molecular formula is C22H28FN3O2S. The van der Waals surface area contributed by atoms with Gasteiger partial charge in [-0.25, -0.2) is 4.39 Å². The van der Waals surface area contributed by atoms with Gasteiger partial charge in [0.05, 0.1) is 26.0 Å². The third-order valence-corrected chi connectivity index (χ3v) is 5.28. The van der Waals surface area contributed by atoms with E-state index in [0.29, 0.717) is 17.3 Å². The third-order valence-electron chi connectivity index (χ3n) is 4.92. The van der Waals surface area contributed by atoms with Gasteiger partial charge in [0, 0.05) is 32.7 Å². The number of rotatable bonds is 8. The quantitative estimate of drug-likeness (QED) is 0.660. The van der Waals surface area contributed by atoms with Crippen molar-refractivity contribution in [3.63, 3.8) is 0 Å². The van der Waals surface area contributed by atoms with Gasteiger partial charge in [0.1, 0.15) is 11.6 Å². The van der Waals surface area contributed by atoms with E-state index in [1.54, 1.807) is 25.3 Å². The van der Waals surface area contributed by atoms with Gasteiger partial charge >= 0.3 is 0 Å². The molecular weight excluding hydrogens is 389 g/mol. The second-order valence-electron chi connectivity index (χ2n) is 6.99. The molecule has 0 atom stereocenters. The summed E-state index contributed by atoms with van der Waals surface area (Å²) >= 11 is 5.63. The summed E-state index contributed by atoms with van der Waals surface area (Å²) in [5.74, 6) is 0.494. The Bertz CT molecular complexity index is 799. The molecule has 0 spiro atoms. The Morgan fingerprint density at radius 1 is 1.21 bits per heavy atom. The van der Waals surface area contributed by atoms with E-state index in [0.717, 1.165) is 57.1 Å². The lowest BCUT2D eigenvalue weighted by atomic mass is 10.2. The van der Waals surface area contributed by atoms with Gasteiger partial charge in [-0.1, -0.05) is 24.3 Å². The smallest absolute Gasteiger partial charge is 0.173 e. The molecule has 1 aliphatic rings. The van der Waals surface area contributed by atoms with Crippen LogP contribution >= 0.6 is 12.2 Å². The number of hydrogen-bond donors (Lipinski definition) is 1. The van der Waals surface area contributed by atoms with Gasteiger partial charge in [0.2, 0.25) is 0 Å². The molecule has 29 heavy (non-hydrogen) atoms. The number of ether oxygens (including phenoxy) is 2. The van der Waals surface area contributed by atoms with Crippen LogP contribution in [-0.4, -0.2) is 61.4 Å². The monoisotopic (exact) mass is 417 g/mol. The van der Waals surface area contributed by atoms with Crippen molar-refractivity contribution in [2.24, 2.45) is 0 Å². The van der Waals surface area contributed by atoms with Gasteiger partial charge in [-0.05, 0) is 48.5 Å². The first-order chi connectivity index (χ1) is 14.2. The Balaban J connectivity index is 1.65. The van der Waals surface area contributed by atoms with E-state index in [2.05, 4.69) is 15.1 Å². The molecule has 1 N–H and O–H groups in total. The van der Waals surface area contributed by atoms with E-state index in [-0.39, 0.29) is 5.82 Å². The van der Waals surface area contributed by atoms with E-state index in [1.807, 2.05) is 24.3 Å². The van der Waals surface area contributed by atoms with Crippen LogP contribution in [0.15, 0.2) is 48.5 Å². The van der Waals surface area contributed by atoms with Gasteiger partial charge in [-0.2, -0.15) is 0 Å². The fourth-order valence-corrected chi connectivity index (χ4v) is 3.58. The highest BCUT2D eigenvalue weighted by atomic mass is 32.1. The first-order valence-electron chi connectivity index (χ1n) is 9.89. The minimum Gasteiger partial charge on any atom is -0.497 e. The summed E-state index contributed by atoms with van der Waals surface area (Å²) in [7, 11) is 1.66. The summed E-state index contributed by atoms with van der Waals surface area (Å²) in [6, 6.07) is 14.5. The standard InChI is InChI=1S/C22H28FN3O2S/c1-27-19-7-4-6-18(16-19)17-26(11-5-10-25-12-14-28-15-13-25)22(29)24-21-9-3-2-8-20(21)23/h2-4,6-9,16H,5,10-15,17H2,1H3,(H,24,29). The molecule has 0 unspecified atom stereocenters. The Morgan fingerprint density at radius 3 is 2.76 bits per heavy atom. The third kappa shape index (κ3) is 6.66. The number of nitrogens with one attached hydrogen (secondary N) is 1. The number of para-hydroxylation sites is 1. The number of thiocarbonyl (C=S) groups is 1. The van der Waals surface area contributed by atoms with Gasteiger partial charge in [-0.3, -0.25) is 4.90 Å². The van der Waals surface area contributed by atoms with Crippen LogP contribution in [-0.2, 0) is 11.3 Å². The molecule has 0 saturated carbocycles. The lowest BCUT2D eigenvalue weighted by Gasteiger charge is -2.29. The zero-order chi connectivity index (χ0) is 20.5. The SMILES string of the molecule is COc1cccc(CN(CCCN2CCOCC2)C(=S)Nc2ccccc2F)c1. The number of nitrogens with zero attached hydrogens (tertiary/aromatic N) is 2. The van der Waals surface area contributed by atoms with Crippen molar-refractivity contribution >= 4 is 23.0 Å². The predicted octanol–water partition coefficient (Wildman–Crippen LogP) is 3.76. The molecule has 2 aromatic carbocycles. The molecule has 7 heteroatoms. The molecule has 0 aromatic heterocycles. The molecule has 156 valence electrons. The molecule has 1 heterocycles. The fourth-order valence-electron chi connectivity index (χ4n) is 3.31. The van der Waals surface area contributed by atoms with E-state index in [1.165, 1.54) is 6.07 Å². The summed E-state index contributed by atoms with van der Waals surface area (Å²) < 4.78 is 24.8. The van der Waals surface area contributed by atoms with Crippen LogP contribution in [0, 0.1) is 5.82 Å². The van der Waals surface area contributed by atoms with E-state index in [4.69, 9.17) is 21.7 Å². The van der Waals surface area contributed by atoms with Gasteiger partial charge in [0.15, 0.2) is 5.11 Å². The maximum absolute atomic E-state index is 14.1. The minimum atomic E-state index is -0.315. The van der Waals surface area contributed by atoms with Crippen molar-refractivity contribution in [1.82, 2.24) is 9.80 Å². The molecule has 1 fully saturated rings. The molecule has 0 amide bonds. The fraction of sp³-hybridized carbons (Fsp3) is 0.409. The second-order valence-corrected chi connectivity index (χ2v) is 7.38. The Morgan fingerprint density at radius 2 is 2.00 bits per heavy atom. The molecule has 5 nitrogen and oxygen atoms in total. The molecule has 2 aromatic rings. The highest BCUT2D eigenvalue weighted by Crippen LogP contribution is 2.17. The first kappa shape index (κ1) is 21.5. The van der Waals surface area contributed by atoms with Crippen molar-refractivity contribution in [2.45, 2.75) is 13.0 Å². The van der Waals surface area contributed by atoms with E-state index < -0.39 is 0 Å². The first-order valence-corrected chi connectivity index (χ1v) is 10.3. The van der Waals surface area contributed by atoms with Crippen molar-refractivity contribution in [3.8, 4) is 5.75 Å². The number of halogens is 1. The summed E-state index contributed by atoms with van der Waals surface area (Å²) in [5, 5.41) is 3.58. The Kier molecular flexibility index (Phi) is 8.22. The predicted molar refractivity (Wildman–Crippen MR) is 118 cm³/mol. The number of benzene rings is 2. The Hall–Kier alpha value is -2.22. The molecule has 1 aliphatic heterocycles.